The molecule has 0 aromatic carbocycles. The summed E-state index contributed by atoms with van der Waals surface area (Å²) in [6, 6.07) is 0. The number of hydrogen-bond donors (Lipinski definition) is 1. The van der Waals surface area contributed by atoms with Crippen molar-refractivity contribution in [2.45, 2.75) is 63.2 Å². The van der Waals surface area contributed by atoms with E-state index in [1.807, 2.05) is 0 Å². The number of rotatable bonds is 3. The Morgan fingerprint density at radius 2 is 1.71 bits per heavy atom. The largest absolute Gasteiger partial charge is 0.356 e. The molecule has 1 amide bonds. The molecule has 2 aliphatic carbocycles. The highest BCUT2D eigenvalue weighted by Gasteiger charge is 2.27. The van der Waals surface area contributed by atoms with Gasteiger partial charge in [-0.25, -0.2) is 0 Å². The highest BCUT2D eigenvalue weighted by Crippen LogP contribution is 2.29. The molecule has 0 aromatic heterocycles. The molecule has 0 saturated heterocycles. The van der Waals surface area contributed by atoms with Crippen molar-refractivity contribution in [1.82, 2.24) is 5.32 Å². The molecule has 17 heavy (non-hydrogen) atoms. The van der Waals surface area contributed by atoms with E-state index in [0.717, 1.165) is 25.8 Å². The van der Waals surface area contributed by atoms with Gasteiger partial charge in [0.15, 0.2) is 0 Å². The van der Waals surface area contributed by atoms with E-state index in [2.05, 4.69) is 5.32 Å². The second-order valence-electron chi connectivity index (χ2n) is 5.64. The number of carbonyl (C=O) groups excluding carboxylic acids is 1. The Bertz CT molecular complexity index is 249. The highest BCUT2D eigenvalue weighted by atomic mass is 35.5. The number of nitrogens with one attached hydrogen (secondary N) is 1. The van der Waals surface area contributed by atoms with Crippen molar-refractivity contribution in [3.05, 3.63) is 0 Å². The van der Waals surface area contributed by atoms with Gasteiger partial charge in [-0.3, -0.25) is 4.79 Å². The fourth-order valence-corrected chi connectivity index (χ4v) is 3.51. The standard InChI is InChI=1S/C14H24ClNO/c15-13-9-5-8-12(13)10-16-14(17)11-6-3-1-2-4-7-11/h11-13H,1-10H2,(H,16,17). The van der Waals surface area contributed by atoms with Gasteiger partial charge in [0.05, 0.1) is 0 Å². The topological polar surface area (TPSA) is 29.1 Å². The quantitative estimate of drug-likeness (QED) is 0.609. The fraction of sp³-hybridized carbons (Fsp3) is 0.929. The van der Waals surface area contributed by atoms with Gasteiger partial charge in [-0.2, -0.15) is 0 Å². The van der Waals surface area contributed by atoms with Gasteiger partial charge >= 0.3 is 0 Å². The van der Waals surface area contributed by atoms with Crippen molar-refractivity contribution in [1.29, 1.82) is 0 Å². The molecule has 3 heteroatoms. The summed E-state index contributed by atoms with van der Waals surface area (Å²) in [6.07, 6.45) is 10.7. The average Bonchev–Trinajstić information content (AvgIpc) is 2.58. The summed E-state index contributed by atoms with van der Waals surface area (Å²) in [5, 5.41) is 3.41. The zero-order valence-corrected chi connectivity index (χ0v) is 11.3. The molecule has 98 valence electrons. The Balaban J connectivity index is 1.72. The average molecular weight is 258 g/mol. The summed E-state index contributed by atoms with van der Waals surface area (Å²) >= 11 is 6.22. The van der Waals surface area contributed by atoms with Crippen molar-refractivity contribution in [2.75, 3.05) is 6.54 Å². The number of carbonyl (C=O) groups is 1. The second kappa shape index (κ2) is 6.63. The molecular weight excluding hydrogens is 234 g/mol. The van der Waals surface area contributed by atoms with Gasteiger partial charge in [0.2, 0.25) is 5.91 Å². The van der Waals surface area contributed by atoms with Gasteiger partial charge in [-0.1, -0.05) is 32.1 Å². The molecule has 0 bridgehead atoms. The third-order valence-electron chi connectivity index (χ3n) is 4.33. The van der Waals surface area contributed by atoms with Crippen molar-refractivity contribution < 1.29 is 4.79 Å². The van der Waals surface area contributed by atoms with Crippen LogP contribution in [0, 0.1) is 11.8 Å². The van der Waals surface area contributed by atoms with Crippen molar-refractivity contribution >= 4 is 17.5 Å². The molecule has 0 spiro atoms. The van der Waals surface area contributed by atoms with Crippen LogP contribution in [0.4, 0.5) is 0 Å². The van der Waals surface area contributed by atoms with E-state index < -0.39 is 0 Å². The summed E-state index contributed by atoms with van der Waals surface area (Å²) in [6.45, 7) is 0.795. The summed E-state index contributed by atoms with van der Waals surface area (Å²) in [5.41, 5.74) is 0. The van der Waals surface area contributed by atoms with Crippen molar-refractivity contribution in [2.24, 2.45) is 11.8 Å². The first kappa shape index (κ1) is 13.2. The maximum Gasteiger partial charge on any atom is 0.223 e. The monoisotopic (exact) mass is 257 g/mol. The molecule has 1 N–H and O–H groups in total. The lowest BCUT2D eigenvalue weighted by molar-refractivity contribution is -0.125. The minimum atomic E-state index is 0.271. The van der Waals surface area contributed by atoms with E-state index in [9.17, 15) is 4.79 Å². The third kappa shape index (κ3) is 3.87. The smallest absolute Gasteiger partial charge is 0.223 e. The zero-order chi connectivity index (χ0) is 12.1. The minimum Gasteiger partial charge on any atom is -0.356 e. The maximum atomic E-state index is 12.1. The van der Waals surface area contributed by atoms with Gasteiger partial charge in [-0.05, 0) is 31.6 Å². The Morgan fingerprint density at radius 1 is 1.00 bits per heavy atom. The third-order valence-corrected chi connectivity index (χ3v) is 4.91. The van der Waals surface area contributed by atoms with Gasteiger partial charge < -0.3 is 5.32 Å². The van der Waals surface area contributed by atoms with E-state index >= 15 is 0 Å². The molecule has 0 radical (unpaired) electrons. The van der Waals surface area contributed by atoms with Crippen LogP contribution < -0.4 is 5.32 Å². The van der Waals surface area contributed by atoms with Crippen LogP contribution in [0.15, 0.2) is 0 Å². The summed E-state index contributed by atoms with van der Waals surface area (Å²) < 4.78 is 0. The van der Waals surface area contributed by atoms with Crippen LogP contribution in [-0.4, -0.2) is 17.8 Å². The zero-order valence-electron chi connectivity index (χ0n) is 10.6. The molecule has 2 aliphatic rings. The van der Waals surface area contributed by atoms with Gasteiger partial charge in [0, 0.05) is 17.8 Å². The van der Waals surface area contributed by atoms with Crippen molar-refractivity contribution in [3.63, 3.8) is 0 Å². The van der Waals surface area contributed by atoms with Crippen LogP contribution in [0.1, 0.15) is 57.8 Å². The van der Waals surface area contributed by atoms with E-state index in [1.54, 1.807) is 0 Å². The van der Waals surface area contributed by atoms with Crippen LogP contribution in [0.25, 0.3) is 0 Å². The Labute approximate surface area is 109 Å². The van der Waals surface area contributed by atoms with Gasteiger partial charge in [-0.15, -0.1) is 11.6 Å². The fourth-order valence-electron chi connectivity index (χ4n) is 3.14. The first-order valence-corrected chi connectivity index (χ1v) is 7.63. The summed E-state index contributed by atoms with van der Waals surface area (Å²) in [5.74, 6) is 1.06. The van der Waals surface area contributed by atoms with E-state index in [1.165, 1.54) is 38.5 Å². The van der Waals surface area contributed by atoms with Gasteiger partial charge in [0.25, 0.3) is 0 Å². The number of hydrogen-bond acceptors (Lipinski definition) is 1. The first-order valence-electron chi connectivity index (χ1n) is 7.19. The molecule has 2 nitrogen and oxygen atoms in total. The number of halogens is 1. The number of amides is 1. The Kier molecular flexibility index (Phi) is 5.15. The molecule has 0 aliphatic heterocycles. The second-order valence-corrected chi connectivity index (χ2v) is 6.20. The minimum absolute atomic E-state index is 0.271. The molecule has 2 saturated carbocycles. The summed E-state index contributed by atoms with van der Waals surface area (Å²) in [4.78, 5) is 12.1. The number of alkyl halides is 1. The summed E-state index contributed by atoms with van der Waals surface area (Å²) in [7, 11) is 0. The van der Waals surface area contributed by atoms with Crippen molar-refractivity contribution in [3.8, 4) is 0 Å². The SMILES string of the molecule is O=C(NCC1CCCC1Cl)C1CCCCCC1. The van der Waals surface area contributed by atoms with Crippen LogP contribution >= 0.6 is 11.6 Å². The molecule has 2 fully saturated rings. The van der Waals surface area contributed by atoms with E-state index in [0.29, 0.717) is 5.92 Å². The van der Waals surface area contributed by atoms with Crippen LogP contribution in [0.2, 0.25) is 0 Å². The van der Waals surface area contributed by atoms with Crippen LogP contribution in [0.5, 0.6) is 0 Å². The Morgan fingerprint density at radius 3 is 2.29 bits per heavy atom. The predicted octanol–water partition coefficient (Wildman–Crippen LogP) is 3.48. The maximum absolute atomic E-state index is 12.1. The van der Waals surface area contributed by atoms with Gasteiger partial charge in [0.1, 0.15) is 0 Å². The van der Waals surface area contributed by atoms with Crippen LogP contribution in [0.3, 0.4) is 0 Å². The van der Waals surface area contributed by atoms with E-state index in [4.69, 9.17) is 11.6 Å². The Hall–Kier alpha value is -0.240. The molecule has 0 aromatic rings. The normalized spacial score (nSPS) is 31.1. The lowest BCUT2D eigenvalue weighted by Gasteiger charge is -2.18. The first-order chi connectivity index (χ1) is 8.27. The molecule has 2 atom stereocenters. The lowest BCUT2D eigenvalue weighted by Crippen LogP contribution is -2.35. The molecule has 2 unspecified atom stereocenters. The van der Waals surface area contributed by atoms with E-state index in [-0.39, 0.29) is 17.2 Å². The highest BCUT2D eigenvalue weighted by molar-refractivity contribution is 6.20. The predicted molar refractivity (Wildman–Crippen MR) is 71.2 cm³/mol. The van der Waals surface area contributed by atoms with Crippen LogP contribution in [-0.2, 0) is 4.79 Å². The lowest BCUT2D eigenvalue weighted by atomic mass is 9.99. The molecular formula is C14H24ClNO. The molecule has 0 heterocycles. The molecule has 2 rings (SSSR count).